The molecule has 1 aromatic heterocycles. The number of pyridine rings is 1. The van der Waals surface area contributed by atoms with Gasteiger partial charge in [-0.25, -0.2) is 4.39 Å². The Labute approximate surface area is 94.4 Å². The molecule has 0 amide bonds. The molecule has 0 N–H and O–H groups in total. The number of rotatable bonds is 2. The molecule has 2 rings (SSSR count). The zero-order chi connectivity index (χ0) is 11.5. The van der Waals surface area contributed by atoms with Gasteiger partial charge in [0.25, 0.3) is 0 Å². The SMILES string of the molecule is CN(C)c1ccnc(-c2ccc(F)cc2)c1. The molecule has 0 aliphatic rings. The first-order valence-corrected chi connectivity index (χ1v) is 5.06. The van der Waals surface area contributed by atoms with Crippen LogP contribution in [0.3, 0.4) is 0 Å². The maximum absolute atomic E-state index is 12.8. The van der Waals surface area contributed by atoms with Crippen LogP contribution in [0.1, 0.15) is 0 Å². The van der Waals surface area contributed by atoms with E-state index in [1.807, 2.05) is 31.1 Å². The summed E-state index contributed by atoms with van der Waals surface area (Å²) in [6.07, 6.45) is 1.76. The Morgan fingerprint density at radius 2 is 1.75 bits per heavy atom. The average Bonchev–Trinajstić information content (AvgIpc) is 2.30. The van der Waals surface area contributed by atoms with Crippen LogP contribution < -0.4 is 4.90 Å². The standard InChI is InChI=1S/C13H13FN2/c1-16(2)12-7-8-15-13(9-12)10-3-5-11(14)6-4-10/h3-9H,1-2H3. The van der Waals surface area contributed by atoms with Crippen LogP contribution in [0, 0.1) is 5.82 Å². The predicted octanol–water partition coefficient (Wildman–Crippen LogP) is 2.95. The molecule has 2 aromatic rings. The van der Waals surface area contributed by atoms with Gasteiger partial charge in [0.2, 0.25) is 0 Å². The molecule has 0 aliphatic heterocycles. The fraction of sp³-hybridized carbons (Fsp3) is 0.154. The summed E-state index contributed by atoms with van der Waals surface area (Å²) >= 11 is 0. The van der Waals surface area contributed by atoms with Gasteiger partial charge in [-0.2, -0.15) is 0 Å². The average molecular weight is 216 g/mol. The van der Waals surface area contributed by atoms with E-state index >= 15 is 0 Å². The Kier molecular flexibility index (Phi) is 2.86. The Morgan fingerprint density at radius 3 is 2.38 bits per heavy atom. The lowest BCUT2D eigenvalue weighted by Gasteiger charge is -2.12. The summed E-state index contributed by atoms with van der Waals surface area (Å²) in [5.74, 6) is -0.229. The second-order valence-electron chi connectivity index (χ2n) is 3.80. The van der Waals surface area contributed by atoms with Crippen molar-refractivity contribution in [2.75, 3.05) is 19.0 Å². The summed E-state index contributed by atoms with van der Waals surface area (Å²) in [6, 6.07) is 10.3. The maximum Gasteiger partial charge on any atom is 0.123 e. The van der Waals surface area contributed by atoms with Crippen molar-refractivity contribution < 1.29 is 4.39 Å². The quantitative estimate of drug-likeness (QED) is 0.767. The number of hydrogen-bond donors (Lipinski definition) is 0. The second-order valence-corrected chi connectivity index (χ2v) is 3.80. The molecule has 0 saturated carbocycles. The molecule has 0 aliphatic carbocycles. The van der Waals surface area contributed by atoms with E-state index < -0.39 is 0 Å². The van der Waals surface area contributed by atoms with Crippen molar-refractivity contribution in [1.82, 2.24) is 4.98 Å². The molecule has 0 fully saturated rings. The van der Waals surface area contributed by atoms with E-state index in [-0.39, 0.29) is 5.82 Å². The molecule has 0 saturated heterocycles. The van der Waals surface area contributed by atoms with Gasteiger partial charge in [0.05, 0.1) is 5.69 Å². The van der Waals surface area contributed by atoms with Crippen molar-refractivity contribution >= 4 is 5.69 Å². The van der Waals surface area contributed by atoms with Gasteiger partial charge in [0.15, 0.2) is 0 Å². The Balaban J connectivity index is 2.40. The van der Waals surface area contributed by atoms with E-state index in [1.165, 1.54) is 12.1 Å². The Morgan fingerprint density at radius 1 is 1.06 bits per heavy atom. The van der Waals surface area contributed by atoms with E-state index in [0.29, 0.717) is 0 Å². The van der Waals surface area contributed by atoms with Crippen LogP contribution in [0.15, 0.2) is 42.6 Å². The first-order chi connectivity index (χ1) is 7.66. The lowest BCUT2D eigenvalue weighted by molar-refractivity contribution is 0.628. The van der Waals surface area contributed by atoms with Crippen molar-refractivity contribution in [3.8, 4) is 11.3 Å². The summed E-state index contributed by atoms with van der Waals surface area (Å²) < 4.78 is 12.8. The van der Waals surface area contributed by atoms with Crippen molar-refractivity contribution in [3.05, 3.63) is 48.4 Å². The van der Waals surface area contributed by atoms with Crippen LogP contribution in [0.25, 0.3) is 11.3 Å². The lowest BCUT2D eigenvalue weighted by Crippen LogP contribution is -2.08. The van der Waals surface area contributed by atoms with Crippen molar-refractivity contribution in [2.45, 2.75) is 0 Å². The number of anilines is 1. The van der Waals surface area contributed by atoms with Crippen molar-refractivity contribution in [1.29, 1.82) is 0 Å². The molecular formula is C13H13FN2. The molecule has 0 unspecified atom stereocenters. The van der Waals surface area contributed by atoms with Gasteiger partial charge in [-0.1, -0.05) is 0 Å². The summed E-state index contributed by atoms with van der Waals surface area (Å²) in [5.41, 5.74) is 2.85. The number of benzene rings is 1. The zero-order valence-corrected chi connectivity index (χ0v) is 9.31. The fourth-order valence-corrected chi connectivity index (χ4v) is 1.48. The van der Waals surface area contributed by atoms with Gasteiger partial charge in [-0.05, 0) is 36.4 Å². The van der Waals surface area contributed by atoms with E-state index in [2.05, 4.69) is 4.98 Å². The topological polar surface area (TPSA) is 16.1 Å². The summed E-state index contributed by atoms with van der Waals surface area (Å²) in [6.45, 7) is 0. The molecule has 0 atom stereocenters. The molecular weight excluding hydrogens is 203 g/mol. The zero-order valence-electron chi connectivity index (χ0n) is 9.31. The third-order valence-electron chi connectivity index (χ3n) is 2.40. The monoisotopic (exact) mass is 216 g/mol. The highest BCUT2D eigenvalue weighted by molar-refractivity contribution is 5.64. The van der Waals surface area contributed by atoms with Gasteiger partial charge < -0.3 is 4.90 Å². The summed E-state index contributed by atoms with van der Waals surface area (Å²) in [7, 11) is 3.95. The molecule has 0 bridgehead atoms. The van der Waals surface area contributed by atoms with Gasteiger partial charge >= 0.3 is 0 Å². The van der Waals surface area contributed by atoms with Crippen LogP contribution in [0.5, 0.6) is 0 Å². The van der Waals surface area contributed by atoms with Crippen LogP contribution in [-0.4, -0.2) is 19.1 Å². The molecule has 82 valence electrons. The van der Waals surface area contributed by atoms with E-state index in [0.717, 1.165) is 16.9 Å². The van der Waals surface area contributed by atoms with Crippen molar-refractivity contribution in [2.24, 2.45) is 0 Å². The number of nitrogens with zero attached hydrogens (tertiary/aromatic N) is 2. The Bertz CT molecular complexity index is 478. The molecule has 1 heterocycles. The number of halogens is 1. The van der Waals surface area contributed by atoms with Gasteiger partial charge in [0.1, 0.15) is 5.82 Å². The fourth-order valence-electron chi connectivity index (χ4n) is 1.48. The Hall–Kier alpha value is -1.90. The minimum atomic E-state index is -0.229. The third kappa shape index (κ3) is 2.19. The smallest absolute Gasteiger partial charge is 0.123 e. The van der Waals surface area contributed by atoms with Crippen LogP contribution in [0.4, 0.5) is 10.1 Å². The van der Waals surface area contributed by atoms with E-state index in [4.69, 9.17) is 0 Å². The molecule has 1 aromatic carbocycles. The highest BCUT2D eigenvalue weighted by Crippen LogP contribution is 2.21. The molecule has 3 heteroatoms. The van der Waals surface area contributed by atoms with E-state index in [1.54, 1.807) is 18.3 Å². The summed E-state index contributed by atoms with van der Waals surface area (Å²) in [5, 5.41) is 0. The molecule has 0 radical (unpaired) electrons. The number of hydrogen-bond acceptors (Lipinski definition) is 2. The molecule has 0 spiro atoms. The van der Waals surface area contributed by atoms with Crippen LogP contribution in [0.2, 0.25) is 0 Å². The largest absolute Gasteiger partial charge is 0.378 e. The number of aromatic nitrogens is 1. The highest BCUT2D eigenvalue weighted by atomic mass is 19.1. The first kappa shape index (κ1) is 10.6. The minimum absolute atomic E-state index is 0.229. The van der Waals surface area contributed by atoms with Crippen LogP contribution >= 0.6 is 0 Å². The predicted molar refractivity (Wildman–Crippen MR) is 64.0 cm³/mol. The first-order valence-electron chi connectivity index (χ1n) is 5.06. The van der Waals surface area contributed by atoms with Gasteiger partial charge in [0, 0.05) is 31.5 Å². The third-order valence-corrected chi connectivity index (χ3v) is 2.40. The van der Waals surface area contributed by atoms with Gasteiger partial charge in [-0.15, -0.1) is 0 Å². The lowest BCUT2D eigenvalue weighted by atomic mass is 10.1. The minimum Gasteiger partial charge on any atom is -0.378 e. The summed E-state index contributed by atoms with van der Waals surface area (Å²) in [4.78, 5) is 6.28. The van der Waals surface area contributed by atoms with Crippen molar-refractivity contribution in [3.63, 3.8) is 0 Å². The van der Waals surface area contributed by atoms with Crippen LogP contribution in [-0.2, 0) is 0 Å². The second kappa shape index (κ2) is 4.31. The van der Waals surface area contributed by atoms with E-state index in [9.17, 15) is 4.39 Å². The maximum atomic E-state index is 12.8. The molecule has 16 heavy (non-hydrogen) atoms. The van der Waals surface area contributed by atoms with Gasteiger partial charge in [-0.3, -0.25) is 4.98 Å². The highest BCUT2D eigenvalue weighted by Gasteiger charge is 2.02. The molecule has 2 nitrogen and oxygen atoms in total. The normalized spacial score (nSPS) is 10.2.